The van der Waals surface area contributed by atoms with Gasteiger partial charge in [0.2, 0.25) is 0 Å². The van der Waals surface area contributed by atoms with Crippen molar-refractivity contribution in [3.63, 3.8) is 0 Å². The number of carbonyl (C=O) groups is 1. The Balaban J connectivity index is 2.19. The molecule has 1 rings (SSSR count). The van der Waals surface area contributed by atoms with E-state index in [0.717, 1.165) is 26.2 Å². The quantitative estimate of drug-likeness (QED) is 0.446. The largest absolute Gasteiger partial charge is 0.464 e. The Bertz CT molecular complexity index is 122. The summed E-state index contributed by atoms with van der Waals surface area (Å²) in [6.07, 6.45) is -0.984. The van der Waals surface area contributed by atoms with Crippen molar-refractivity contribution in [2.45, 2.75) is 0 Å². The Morgan fingerprint density at radius 3 is 2.60 bits per heavy atom. The van der Waals surface area contributed by atoms with Crippen molar-refractivity contribution in [3.05, 3.63) is 0 Å². The Kier molecular flexibility index (Phi) is 2.47. The maximum Gasteiger partial charge on any atom is 0.419 e. The molecule has 0 saturated carbocycles. The summed E-state index contributed by atoms with van der Waals surface area (Å²) in [4.78, 5) is 10.1. The second-order valence-electron chi connectivity index (χ2n) is 2.15. The summed E-state index contributed by atoms with van der Waals surface area (Å²) in [7, 11) is 0. The lowest BCUT2D eigenvalue weighted by atomic mass is 10.4. The molecular formula is C5H11N3O2. The maximum absolute atomic E-state index is 10.1. The maximum atomic E-state index is 10.1. The van der Waals surface area contributed by atoms with Crippen LogP contribution >= 0.6 is 0 Å². The van der Waals surface area contributed by atoms with Gasteiger partial charge in [0, 0.05) is 26.2 Å². The van der Waals surface area contributed by atoms with Crippen molar-refractivity contribution in [2.75, 3.05) is 26.2 Å². The van der Waals surface area contributed by atoms with Crippen LogP contribution in [0.1, 0.15) is 0 Å². The molecule has 1 amide bonds. The molecule has 1 aliphatic rings. The second kappa shape index (κ2) is 3.38. The summed E-state index contributed by atoms with van der Waals surface area (Å²) in [6.45, 7) is 3.18. The van der Waals surface area contributed by atoms with Crippen molar-refractivity contribution < 1.29 is 9.90 Å². The minimum absolute atomic E-state index is 0.742. The zero-order valence-corrected chi connectivity index (χ0v) is 5.63. The normalized spacial score (nSPS) is 20.4. The van der Waals surface area contributed by atoms with Gasteiger partial charge in [0.05, 0.1) is 0 Å². The second-order valence-corrected chi connectivity index (χ2v) is 2.15. The molecule has 5 nitrogen and oxygen atoms in total. The average Bonchev–Trinajstić information content (AvgIpc) is 1.88. The molecule has 1 heterocycles. The first-order valence-corrected chi connectivity index (χ1v) is 3.24. The molecule has 0 unspecified atom stereocenters. The molecule has 10 heavy (non-hydrogen) atoms. The van der Waals surface area contributed by atoms with Gasteiger partial charge in [-0.05, 0) is 0 Å². The van der Waals surface area contributed by atoms with E-state index in [0.29, 0.717) is 0 Å². The van der Waals surface area contributed by atoms with E-state index < -0.39 is 6.09 Å². The molecule has 1 fully saturated rings. The van der Waals surface area contributed by atoms with Crippen LogP contribution in [0.15, 0.2) is 0 Å². The van der Waals surface area contributed by atoms with Crippen LogP contribution in [-0.4, -0.2) is 42.4 Å². The summed E-state index contributed by atoms with van der Waals surface area (Å²) in [6, 6.07) is 0. The predicted molar refractivity (Wildman–Crippen MR) is 35.6 cm³/mol. The van der Waals surface area contributed by atoms with Gasteiger partial charge in [-0.25, -0.2) is 9.80 Å². The van der Waals surface area contributed by atoms with Crippen LogP contribution in [0.25, 0.3) is 0 Å². The van der Waals surface area contributed by atoms with Crippen LogP contribution in [0.4, 0.5) is 4.79 Å². The molecule has 0 atom stereocenters. The molecule has 3 N–H and O–H groups in total. The van der Waals surface area contributed by atoms with Crippen LogP contribution in [0.2, 0.25) is 0 Å². The zero-order valence-electron chi connectivity index (χ0n) is 5.63. The van der Waals surface area contributed by atoms with Crippen LogP contribution in [-0.2, 0) is 0 Å². The van der Waals surface area contributed by atoms with Gasteiger partial charge in [0.15, 0.2) is 0 Å². The summed E-state index contributed by atoms with van der Waals surface area (Å²) >= 11 is 0. The Labute approximate surface area is 59.0 Å². The van der Waals surface area contributed by atoms with Gasteiger partial charge in [-0.1, -0.05) is 0 Å². The van der Waals surface area contributed by atoms with Gasteiger partial charge in [-0.15, -0.1) is 0 Å². The minimum atomic E-state index is -0.984. The zero-order chi connectivity index (χ0) is 7.40. The highest BCUT2D eigenvalue weighted by molar-refractivity contribution is 5.63. The lowest BCUT2D eigenvalue weighted by Gasteiger charge is -2.25. The van der Waals surface area contributed by atoms with Crippen molar-refractivity contribution in [1.82, 2.24) is 15.8 Å². The Morgan fingerprint density at radius 2 is 2.10 bits per heavy atom. The van der Waals surface area contributed by atoms with E-state index in [9.17, 15) is 4.79 Å². The smallest absolute Gasteiger partial charge is 0.419 e. The number of hydrazine groups is 1. The fourth-order valence-electron chi connectivity index (χ4n) is 0.912. The number of amides is 1. The number of nitrogens with one attached hydrogen (secondary N) is 2. The summed E-state index contributed by atoms with van der Waals surface area (Å²) in [5.41, 5.74) is 2.29. The molecule has 1 saturated heterocycles. The molecule has 5 heteroatoms. The van der Waals surface area contributed by atoms with Gasteiger partial charge in [0.25, 0.3) is 0 Å². The number of rotatable bonds is 1. The van der Waals surface area contributed by atoms with E-state index in [1.54, 1.807) is 5.01 Å². The van der Waals surface area contributed by atoms with Crippen molar-refractivity contribution in [2.24, 2.45) is 0 Å². The number of hydrogen-bond acceptors (Lipinski definition) is 3. The summed E-state index contributed by atoms with van der Waals surface area (Å²) in [5.74, 6) is 0. The average molecular weight is 145 g/mol. The topological polar surface area (TPSA) is 64.6 Å². The van der Waals surface area contributed by atoms with Gasteiger partial charge in [-0.3, -0.25) is 5.43 Å². The fraction of sp³-hybridized carbons (Fsp3) is 0.800. The molecule has 0 aromatic rings. The van der Waals surface area contributed by atoms with E-state index in [4.69, 9.17) is 5.11 Å². The molecule has 0 radical (unpaired) electrons. The van der Waals surface area contributed by atoms with Crippen molar-refractivity contribution >= 4 is 6.09 Å². The Morgan fingerprint density at radius 1 is 1.50 bits per heavy atom. The highest BCUT2D eigenvalue weighted by Crippen LogP contribution is 1.85. The molecule has 0 bridgehead atoms. The van der Waals surface area contributed by atoms with E-state index in [1.165, 1.54) is 0 Å². The molecular weight excluding hydrogens is 134 g/mol. The Hall–Kier alpha value is -0.810. The lowest BCUT2D eigenvalue weighted by molar-refractivity contribution is 0.129. The molecule has 58 valence electrons. The van der Waals surface area contributed by atoms with Crippen molar-refractivity contribution in [3.8, 4) is 0 Å². The van der Waals surface area contributed by atoms with Crippen molar-refractivity contribution in [1.29, 1.82) is 0 Å². The third-order valence-electron chi connectivity index (χ3n) is 1.37. The van der Waals surface area contributed by atoms with E-state index in [1.807, 2.05) is 0 Å². The molecule has 0 aromatic carbocycles. The van der Waals surface area contributed by atoms with Crippen LogP contribution in [0.3, 0.4) is 0 Å². The lowest BCUT2D eigenvalue weighted by Crippen LogP contribution is -2.51. The SMILES string of the molecule is O=C(O)NN1CCNCC1. The van der Waals surface area contributed by atoms with E-state index >= 15 is 0 Å². The van der Waals surface area contributed by atoms with Gasteiger partial charge in [-0.2, -0.15) is 0 Å². The molecule has 0 spiro atoms. The first-order valence-electron chi connectivity index (χ1n) is 3.24. The number of piperazine rings is 1. The van der Waals surface area contributed by atoms with Gasteiger partial charge >= 0.3 is 6.09 Å². The standard InChI is InChI=1S/C5H11N3O2/c9-5(10)7-8-3-1-6-2-4-8/h6-7H,1-4H2,(H,9,10). The van der Waals surface area contributed by atoms with Crippen LogP contribution < -0.4 is 10.7 Å². The third-order valence-corrected chi connectivity index (χ3v) is 1.37. The summed E-state index contributed by atoms with van der Waals surface area (Å²) in [5, 5.41) is 13.1. The minimum Gasteiger partial charge on any atom is -0.464 e. The predicted octanol–water partition coefficient (Wildman–Crippen LogP) is -0.926. The number of nitrogens with zero attached hydrogens (tertiary/aromatic N) is 1. The first kappa shape index (κ1) is 7.30. The fourth-order valence-corrected chi connectivity index (χ4v) is 0.912. The number of carboxylic acid groups (broad SMARTS) is 1. The number of hydrogen-bond donors (Lipinski definition) is 3. The van der Waals surface area contributed by atoms with Gasteiger partial charge < -0.3 is 10.4 Å². The molecule has 0 aliphatic carbocycles. The highest BCUT2D eigenvalue weighted by Gasteiger charge is 2.09. The monoisotopic (exact) mass is 145 g/mol. The van der Waals surface area contributed by atoms with E-state index in [2.05, 4.69) is 10.7 Å². The van der Waals surface area contributed by atoms with Crippen LogP contribution in [0.5, 0.6) is 0 Å². The highest BCUT2D eigenvalue weighted by atomic mass is 16.4. The van der Waals surface area contributed by atoms with Crippen LogP contribution in [0, 0.1) is 0 Å². The van der Waals surface area contributed by atoms with Gasteiger partial charge in [0.1, 0.15) is 0 Å². The summed E-state index contributed by atoms with van der Waals surface area (Å²) < 4.78 is 0. The third kappa shape index (κ3) is 2.20. The van der Waals surface area contributed by atoms with E-state index in [-0.39, 0.29) is 0 Å². The molecule has 1 aliphatic heterocycles. The molecule has 0 aromatic heterocycles. The first-order chi connectivity index (χ1) is 4.79.